The molecule has 0 saturated heterocycles. The zero-order valence-corrected chi connectivity index (χ0v) is 21.7. The van der Waals surface area contributed by atoms with Crippen LogP contribution in [0.4, 0.5) is 0 Å². The van der Waals surface area contributed by atoms with Crippen molar-refractivity contribution in [2.75, 3.05) is 6.54 Å². The van der Waals surface area contributed by atoms with Gasteiger partial charge in [-0.2, -0.15) is 0 Å². The van der Waals surface area contributed by atoms with E-state index in [4.69, 9.17) is 5.11 Å². The summed E-state index contributed by atoms with van der Waals surface area (Å²) in [5.41, 5.74) is 4.47. The van der Waals surface area contributed by atoms with Gasteiger partial charge in [-0.1, -0.05) is 104 Å². The number of nitrogens with two attached hydrogens (primary N) is 1. The Balaban J connectivity index is -0.00000125. The third-order valence-corrected chi connectivity index (χ3v) is 4.90. The van der Waals surface area contributed by atoms with Crippen LogP contribution < -0.4 is 11.1 Å². The van der Waals surface area contributed by atoms with Gasteiger partial charge in [-0.15, -0.1) is 0 Å². The van der Waals surface area contributed by atoms with Crippen molar-refractivity contribution in [3.05, 3.63) is 0 Å². The third kappa shape index (κ3) is 42.5. The molecular formula is C26H54N2O4. The summed E-state index contributed by atoms with van der Waals surface area (Å²) in [6.45, 7) is 8.35. The van der Waals surface area contributed by atoms with E-state index in [-0.39, 0.29) is 11.8 Å². The number of hydrogen-bond acceptors (Lipinski definition) is 3. The Bertz CT molecular complexity index is 411. The molecule has 0 atom stereocenters. The van der Waals surface area contributed by atoms with Crippen LogP contribution in [-0.2, 0) is 14.4 Å². The number of amides is 2. The molecule has 0 aromatic heterocycles. The van der Waals surface area contributed by atoms with Crippen LogP contribution >= 0.6 is 0 Å². The fourth-order valence-corrected chi connectivity index (χ4v) is 3.20. The maximum Gasteiger partial charge on any atom is 0.303 e. The van der Waals surface area contributed by atoms with E-state index in [1.807, 2.05) is 13.8 Å². The maximum absolute atomic E-state index is 11.7. The highest BCUT2D eigenvalue weighted by molar-refractivity contribution is 5.75. The molecule has 32 heavy (non-hydrogen) atoms. The number of carboxylic acids is 1. The van der Waals surface area contributed by atoms with Crippen molar-refractivity contribution >= 4 is 17.8 Å². The standard InChI is InChI=1S/C22H43NO3.C2H5NO.C2H6/c1-2-3-4-17-20-23-21(24)18-15-13-11-9-7-5-6-8-10-12-14-16-19-22(25)26;1-2(3)4;1-2/h2-20H2,1H3,(H,23,24)(H,25,26);1H3,(H2,3,4);1-2H3. The van der Waals surface area contributed by atoms with Crippen LogP contribution in [0.2, 0.25) is 0 Å². The van der Waals surface area contributed by atoms with Gasteiger partial charge >= 0.3 is 5.97 Å². The lowest BCUT2D eigenvalue weighted by Crippen LogP contribution is -2.23. The normalized spacial score (nSPS) is 9.75. The SMILES string of the molecule is CC.CC(N)=O.CCCCCCNC(=O)CCCCCCCCCCCCCCC(=O)O. The lowest BCUT2D eigenvalue weighted by atomic mass is 10.0. The Morgan fingerprint density at radius 1 is 0.656 bits per heavy atom. The second-order valence-corrected chi connectivity index (χ2v) is 8.16. The maximum atomic E-state index is 11.7. The molecule has 0 aliphatic carbocycles. The van der Waals surface area contributed by atoms with Gasteiger partial charge in [-0.05, 0) is 19.3 Å². The number of primary amides is 1. The van der Waals surface area contributed by atoms with Crippen LogP contribution in [0.25, 0.3) is 0 Å². The molecule has 0 radical (unpaired) electrons. The first kappa shape index (κ1) is 35.0. The molecule has 6 nitrogen and oxygen atoms in total. The van der Waals surface area contributed by atoms with E-state index in [9.17, 15) is 14.4 Å². The first-order valence-electron chi connectivity index (χ1n) is 13.1. The minimum Gasteiger partial charge on any atom is -0.481 e. The molecule has 0 aliphatic heterocycles. The fourth-order valence-electron chi connectivity index (χ4n) is 3.20. The molecule has 0 fully saturated rings. The molecule has 0 spiro atoms. The molecule has 0 aromatic rings. The summed E-state index contributed by atoms with van der Waals surface area (Å²) in [5.74, 6) is -0.780. The van der Waals surface area contributed by atoms with Crippen LogP contribution in [0.15, 0.2) is 0 Å². The number of aliphatic carboxylic acids is 1. The van der Waals surface area contributed by atoms with E-state index in [1.165, 1.54) is 84.0 Å². The van der Waals surface area contributed by atoms with Crippen LogP contribution in [0, 0.1) is 0 Å². The van der Waals surface area contributed by atoms with Gasteiger partial charge in [0.1, 0.15) is 0 Å². The van der Waals surface area contributed by atoms with Crippen LogP contribution in [0.5, 0.6) is 0 Å². The van der Waals surface area contributed by atoms with E-state index in [1.54, 1.807) is 0 Å². The molecule has 0 heterocycles. The quantitative estimate of drug-likeness (QED) is 0.175. The predicted molar refractivity (Wildman–Crippen MR) is 136 cm³/mol. The minimum absolute atomic E-state index is 0.227. The van der Waals surface area contributed by atoms with Crippen molar-refractivity contribution in [1.29, 1.82) is 0 Å². The minimum atomic E-state index is -0.673. The zero-order chi connectivity index (χ0) is 24.9. The largest absolute Gasteiger partial charge is 0.481 e. The molecule has 4 N–H and O–H groups in total. The van der Waals surface area contributed by atoms with Crippen molar-refractivity contribution in [3.63, 3.8) is 0 Å². The Morgan fingerprint density at radius 2 is 1.00 bits per heavy atom. The van der Waals surface area contributed by atoms with Crippen molar-refractivity contribution in [3.8, 4) is 0 Å². The smallest absolute Gasteiger partial charge is 0.303 e. The summed E-state index contributed by atoms with van der Waals surface area (Å²) in [6.07, 6.45) is 20.1. The highest BCUT2D eigenvalue weighted by Gasteiger charge is 2.00. The highest BCUT2D eigenvalue weighted by Crippen LogP contribution is 2.13. The van der Waals surface area contributed by atoms with Gasteiger partial charge in [0.15, 0.2) is 0 Å². The summed E-state index contributed by atoms with van der Waals surface area (Å²) in [5, 5.41) is 11.6. The number of nitrogens with one attached hydrogen (secondary N) is 1. The Morgan fingerprint density at radius 3 is 1.38 bits per heavy atom. The van der Waals surface area contributed by atoms with E-state index in [0.29, 0.717) is 12.8 Å². The van der Waals surface area contributed by atoms with Gasteiger partial charge in [0.2, 0.25) is 11.8 Å². The van der Waals surface area contributed by atoms with Crippen molar-refractivity contribution in [1.82, 2.24) is 5.32 Å². The molecule has 0 rings (SSSR count). The van der Waals surface area contributed by atoms with E-state index >= 15 is 0 Å². The van der Waals surface area contributed by atoms with Gasteiger partial charge < -0.3 is 16.2 Å². The van der Waals surface area contributed by atoms with Gasteiger partial charge in [0, 0.05) is 26.3 Å². The molecule has 0 aromatic carbocycles. The fraction of sp³-hybridized carbons (Fsp3) is 0.885. The van der Waals surface area contributed by atoms with Crippen LogP contribution in [0.1, 0.15) is 143 Å². The second-order valence-electron chi connectivity index (χ2n) is 8.16. The first-order chi connectivity index (χ1) is 15.4. The van der Waals surface area contributed by atoms with Crippen LogP contribution in [0.3, 0.4) is 0 Å². The molecule has 192 valence electrons. The number of unbranched alkanes of at least 4 members (excludes halogenated alkanes) is 14. The lowest BCUT2D eigenvalue weighted by Gasteiger charge is -2.05. The summed E-state index contributed by atoms with van der Waals surface area (Å²) < 4.78 is 0. The Kier molecular flexibility index (Phi) is 34.6. The predicted octanol–water partition coefficient (Wildman–Crippen LogP) is 6.75. The molecule has 0 bridgehead atoms. The second kappa shape index (κ2) is 31.6. The van der Waals surface area contributed by atoms with E-state index < -0.39 is 5.97 Å². The summed E-state index contributed by atoms with van der Waals surface area (Å²) in [6, 6.07) is 0. The van der Waals surface area contributed by atoms with Gasteiger partial charge in [0.25, 0.3) is 0 Å². The molecule has 0 saturated carbocycles. The van der Waals surface area contributed by atoms with Gasteiger partial charge in [0.05, 0.1) is 0 Å². The van der Waals surface area contributed by atoms with Crippen molar-refractivity contribution in [2.45, 2.75) is 143 Å². The average Bonchev–Trinajstić information content (AvgIpc) is 2.74. The Hall–Kier alpha value is -1.59. The highest BCUT2D eigenvalue weighted by atomic mass is 16.4. The molecule has 0 aliphatic rings. The third-order valence-electron chi connectivity index (χ3n) is 4.90. The molecule has 0 unspecified atom stereocenters. The number of carbonyl (C=O) groups excluding carboxylic acids is 2. The molecular weight excluding hydrogens is 404 g/mol. The number of carbonyl (C=O) groups is 3. The number of rotatable bonds is 20. The van der Waals surface area contributed by atoms with Crippen molar-refractivity contribution < 1.29 is 19.5 Å². The topological polar surface area (TPSA) is 109 Å². The summed E-state index contributed by atoms with van der Waals surface area (Å²) in [4.78, 5) is 31.3. The number of carboxylic acid groups (broad SMARTS) is 1. The van der Waals surface area contributed by atoms with E-state index in [2.05, 4.69) is 18.0 Å². The average molecular weight is 459 g/mol. The molecule has 2 amide bonds. The van der Waals surface area contributed by atoms with Crippen LogP contribution in [-0.4, -0.2) is 29.4 Å². The summed E-state index contributed by atoms with van der Waals surface area (Å²) in [7, 11) is 0. The number of hydrogen-bond donors (Lipinski definition) is 3. The van der Waals surface area contributed by atoms with Gasteiger partial charge in [-0.3, -0.25) is 14.4 Å². The monoisotopic (exact) mass is 458 g/mol. The summed E-state index contributed by atoms with van der Waals surface area (Å²) >= 11 is 0. The zero-order valence-electron chi connectivity index (χ0n) is 21.7. The first-order valence-corrected chi connectivity index (χ1v) is 13.1. The Labute approximate surface area is 198 Å². The van der Waals surface area contributed by atoms with Gasteiger partial charge in [-0.25, -0.2) is 0 Å². The molecule has 6 heteroatoms. The van der Waals surface area contributed by atoms with Crippen molar-refractivity contribution in [2.24, 2.45) is 5.73 Å². The van der Waals surface area contributed by atoms with E-state index in [0.717, 1.165) is 32.2 Å². The lowest BCUT2D eigenvalue weighted by molar-refractivity contribution is -0.137.